The largest absolute Gasteiger partial charge is 0.464 e. The van der Waals surface area contributed by atoms with E-state index in [0.717, 1.165) is 18.5 Å². The molecule has 2 aromatic rings. The summed E-state index contributed by atoms with van der Waals surface area (Å²) < 4.78 is 5.45. The molecule has 0 aliphatic rings. The maximum Gasteiger partial charge on any atom is 0.137 e. The lowest BCUT2D eigenvalue weighted by molar-refractivity contribution is 0.574. The van der Waals surface area contributed by atoms with Gasteiger partial charge in [-0.05, 0) is 30.5 Å². The van der Waals surface area contributed by atoms with Crippen molar-refractivity contribution in [2.45, 2.75) is 13.3 Å². The van der Waals surface area contributed by atoms with Gasteiger partial charge in [0.2, 0.25) is 0 Å². The Balaban J connectivity index is 2.36. The average Bonchev–Trinajstić information content (AvgIpc) is 2.66. The molecule has 1 aromatic heterocycles. The summed E-state index contributed by atoms with van der Waals surface area (Å²) in [6, 6.07) is 8.23. The third-order valence-electron chi connectivity index (χ3n) is 2.53. The minimum Gasteiger partial charge on any atom is -0.464 e. The van der Waals surface area contributed by atoms with Crippen molar-refractivity contribution in [3.63, 3.8) is 0 Å². The van der Waals surface area contributed by atoms with E-state index < -0.39 is 0 Å². The van der Waals surface area contributed by atoms with Crippen LogP contribution in [0, 0.1) is 5.92 Å². The van der Waals surface area contributed by atoms with Crippen LogP contribution in [0.25, 0.3) is 11.0 Å². The average molecular weight is 189 g/mol. The van der Waals surface area contributed by atoms with Gasteiger partial charge in [0.05, 0.1) is 6.26 Å². The third kappa shape index (κ3) is 1.66. The number of rotatable bonds is 3. The fraction of sp³-hybridized carbons (Fsp3) is 0.333. The molecule has 2 N–H and O–H groups in total. The molecule has 74 valence electrons. The first-order chi connectivity index (χ1) is 6.81. The van der Waals surface area contributed by atoms with E-state index >= 15 is 0 Å². The van der Waals surface area contributed by atoms with Crippen LogP contribution in [0.3, 0.4) is 0 Å². The van der Waals surface area contributed by atoms with E-state index in [-0.39, 0.29) is 0 Å². The SMILES string of the molecule is CC(CN)Cc1cccc2ccoc12. The zero-order valence-electron chi connectivity index (χ0n) is 8.36. The number of hydrogen-bond donors (Lipinski definition) is 1. The van der Waals surface area contributed by atoms with Crippen molar-refractivity contribution in [2.24, 2.45) is 11.7 Å². The molecule has 0 amide bonds. The minimum atomic E-state index is 0.505. The number of furan rings is 1. The predicted molar refractivity (Wildman–Crippen MR) is 58.1 cm³/mol. The number of hydrogen-bond acceptors (Lipinski definition) is 2. The molecule has 1 unspecified atom stereocenters. The fourth-order valence-electron chi connectivity index (χ4n) is 1.67. The molecule has 2 rings (SSSR count). The second-order valence-electron chi connectivity index (χ2n) is 3.80. The number of nitrogens with two attached hydrogens (primary N) is 1. The van der Waals surface area contributed by atoms with Crippen molar-refractivity contribution < 1.29 is 4.42 Å². The van der Waals surface area contributed by atoms with Gasteiger partial charge in [0.15, 0.2) is 0 Å². The van der Waals surface area contributed by atoms with Crippen LogP contribution in [0.5, 0.6) is 0 Å². The lowest BCUT2D eigenvalue weighted by Gasteiger charge is -2.08. The quantitative estimate of drug-likeness (QED) is 0.806. The molecule has 1 aromatic carbocycles. The summed E-state index contributed by atoms with van der Waals surface area (Å²) >= 11 is 0. The van der Waals surface area contributed by atoms with Crippen LogP contribution in [0.4, 0.5) is 0 Å². The van der Waals surface area contributed by atoms with Crippen molar-refractivity contribution in [1.82, 2.24) is 0 Å². The van der Waals surface area contributed by atoms with Gasteiger partial charge in [-0.1, -0.05) is 25.1 Å². The summed E-state index contributed by atoms with van der Waals surface area (Å²) in [5.74, 6) is 0.505. The van der Waals surface area contributed by atoms with E-state index in [0.29, 0.717) is 5.92 Å². The van der Waals surface area contributed by atoms with Crippen LogP contribution in [-0.2, 0) is 6.42 Å². The Bertz CT molecular complexity index is 419. The molecule has 0 aliphatic heterocycles. The summed E-state index contributed by atoms with van der Waals surface area (Å²) in [6.07, 6.45) is 2.72. The zero-order chi connectivity index (χ0) is 9.97. The Morgan fingerprint density at radius 2 is 2.21 bits per heavy atom. The zero-order valence-corrected chi connectivity index (χ0v) is 8.36. The molecule has 2 heteroatoms. The maximum atomic E-state index is 5.61. The van der Waals surface area contributed by atoms with Crippen molar-refractivity contribution in [3.05, 3.63) is 36.1 Å². The van der Waals surface area contributed by atoms with E-state index in [1.165, 1.54) is 10.9 Å². The number of para-hydroxylation sites is 1. The molecule has 2 nitrogen and oxygen atoms in total. The molecule has 1 atom stereocenters. The minimum absolute atomic E-state index is 0.505. The van der Waals surface area contributed by atoms with Gasteiger partial charge in [-0.25, -0.2) is 0 Å². The van der Waals surface area contributed by atoms with Crippen LogP contribution >= 0.6 is 0 Å². The van der Waals surface area contributed by atoms with Gasteiger partial charge in [-0.15, -0.1) is 0 Å². The number of fused-ring (bicyclic) bond motifs is 1. The van der Waals surface area contributed by atoms with Crippen LogP contribution in [0.1, 0.15) is 12.5 Å². The van der Waals surface area contributed by atoms with E-state index in [2.05, 4.69) is 25.1 Å². The summed E-state index contributed by atoms with van der Waals surface area (Å²) in [5.41, 5.74) is 7.87. The maximum absolute atomic E-state index is 5.61. The standard InChI is InChI=1S/C12H15NO/c1-9(8-13)7-11-4-2-3-10-5-6-14-12(10)11/h2-6,9H,7-8,13H2,1H3. The predicted octanol–water partition coefficient (Wildman–Crippen LogP) is 2.57. The van der Waals surface area contributed by atoms with Crippen molar-refractivity contribution in [1.29, 1.82) is 0 Å². The van der Waals surface area contributed by atoms with Gasteiger partial charge in [-0.2, -0.15) is 0 Å². The molecule has 1 heterocycles. The monoisotopic (exact) mass is 189 g/mol. The normalized spacial score (nSPS) is 13.3. The summed E-state index contributed by atoms with van der Waals surface area (Å²) in [4.78, 5) is 0. The Labute approximate surface area is 83.7 Å². The second-order valence-corrected chi connectivity index (χ2v) is 3.80. The van der Waals surface area contributed by atoms with Crippen LogP contribution in [0.15, 0.2) is 34.9 Å². The first kappa shape index (κ1) is 9.28. The van der Waals surface area contributed by atoms with Crippen LogP contribution < -0.4 is 5.73 Å². The van der Waals surface area contributed by atoms with Gasteiger partial charge >= 0.3 is 0 Å². The van der Waals surface area contributed by atoms with E-state index in [4.69, 9.17) is 10.2 Å². The van der Waals surface area contributed by atoms with Gasteiger partial charge in [0.25, 0.3) is 0 Å². The molecular formula is C12H15NO. The number of benzene rings is 1. The third-order valence-corrected chi connectivity index (χ3v) is 2.53. The van der Waals surface area contributed by atoms with Crippen molar-refractivity contribution in [3.8, 4) is 0 Å². The lowest BCUT2D eigenvalue weighted by atomic mass is 10.00. The highest BCUT2D eigenvalue weighted by atomic mass is 16.3. The second kappa shape index (κ2) is 3.84. The van der Waals surface area contributed by atoms with Crippen LogP contribution in [-0.4, -0.2) is 6.54 Å². The first-order valence-electron chi connectivity index (χ1n) is 4.96. The Morgan fingerprint density at radius 1 is 1.36 bits per heavy atom. The van der Waals surface area contributed by atoms with Crippen molar-refractivity contribution in [2.75, 3.05) is 6.54 Å². The highest BCUT2D eigenvalue weighted by Crippen LogP contribution is 2.21. The van der Waals surface area contributed by atoms with Crippen LogP contribution in [0.2, 0.25) is 0 Å². The molecule has 0 fully saturated rings. The van der Waals surface area contributed by atoms with Crippen molar-refractivity contribution >= 4 is 11.0 Å². The fourth-order valence-corrected chi connectivity index (χ4v) is 1.67. The van der Waals surface area contributed by atoms with Gasteiger partial charge in [-0.3, -0.25) is 0 Å². The summed E-state index contributed by atoms with van der Waals surface area (Å²) in [6.45, 7) is 2.87. The first-order valence-corrected chi connectivity index (χ1v) is 4.96. The Kier molecular flexibility index (Phi) is 2.55. The van der Waals surface area contributed by atoms with E-state index in [1.807, 2.05) is 6.07 Å². The topological polar surface area (TPSA) is 39.2 Å². The molecule has 14 heavy (non-hydrogen) atoms. The van der Waals surface area contributed by atoms with Gasteiger partial charge < -0.3 is 10.2 Å². The molecule has 0 radical (unpaired) electrons. The van der Waals surface area contributed by atoms with Gasteiger partial charge in [0.1, 0.15) is 5.58 Å². The molecule has 0 saturated carbocycles. The summed E-state index contributed by atoms with van der Waals surface area (Å²) in [7, 11) is 0. The summed E-state index contributed by atoms with van der Waals surface area (Å²) in [5, 5.41) is 1.17. The smallest absolute Gasteiger partial charge is 0.137 e. The van der Waals surface area contributed by atoms with Gasteiger partial charge in [0, 0.05) is 5.39 Å². The lowest BCUT2D eigenvalue weighted by Crippen LogP contribution is -2.13. The Morgan fingerprint density at radius 3 is 3.00 bits per heavy atom. The Hall–Kier alpha value is -1.28. The van der Waals surface area contributed by atoms with E-state index in [1.54, 1.807) is 6.26 Å². The molecule has 0 bridgehead atoms. The van der Waals surface area contributed by atoms with E-state index in [9.17, 15) is 0 Å². The highest BCUT2D eigenvalue weighted by molar-refractivity contribution is 5.80. The highest BCUT2D eigenvalue weighted by Gasteiger charge is 2.07. The molecule has 0 saturated heterocycles. The molecular weight excluding hydrogens is 174 g/mol. The molecule has 0 spiro atoms. The molecule has 0 aliphatic carbocycles.